The summed E-state index contributed by atoms with van der Waals surface area (Å²) in [4.78, 5) is 17.2. The van der Waals surface area contributed by atoms with Crippen LogP contribution >= 0.6 is 22.9 Å². The highest BCUT2D eigenvalue weighted by Gasteiger charge is 2.31. The molecule has 0 spiro atoms. The van der Waals surface area contributed by atoms with E-state index in [1.807, 2.05) is 5.38 Å². The number of thiazole rings is 1. The van der Waals surface area contributed by atoms with Crippen LogP contribution in [0.3, 0.4) is 0 Å². The Morgan fingerprint density at radius 1 is 1.12 bits per heavy atom. The maximum atomic E-state index is 13.0. The molecule has 2 aromatic carbocycles. The van der Waals surface area contributed by atoms with Crippen LogP contribution in [0.25, 0.3) is 0 Å². The number of nitro benzene ring substituents is 1. The third kappa shape index (κ3) is 5.03. The van der Waals surface area contributed by atoms with Gasteiger partial charge in [0.15, 0.2) is 5.13 Å². The number of rotatable bonds is 6. The van der Waals surface area contributed by atoms with Crippen molar-refractivity contribution in [3.63, 3.8) is 0 Å². The van der Waals surface area contributed by atoms with E-state index >= 15 is 0 Å². The zero-order valence-electron chi connectivity index (χ0n) is 18.2. The van der Waals surface area contributed by atoms with Gasteiger partial charge in [-0.1, -0.05) is 35.4 Å². The lowest BCUT2D eigenvalue weighted by Gasteiger charge is -2.33. The number of piperazine rings is 1. The maximum Gasteiger partial charge on any atom is 0.289 e. The van der Waals surface area contributed by atoms with E-state index in [4.69, 9.17) is 16.6 Å². The van der Waals surface area contributed by atoms with Crippen molar-refractivity contribution in [3.8, 4) is 0 Å². The van der Waals surface area contributed by atoms with Crippen molar-refractivity contribution in [1.29, 1.82) is 0 Å². The second-order valence-corrected chi connectivity index (χ2v) is 11.2. The minimum Gasteiger partial charge on any atom is -0.345 e. The van der Waals surface area contributed by atoms with Crippen molar-refractivity contribution in [2.24, 2.45) is 0 Å². The highest BCUT2D eigenvalue weighted by Crippen LogP contribution is 2.30. The minimum absolute atomic E-state index is 0.0933. The van der Waals surface area contributed by atoms with Crippen molar-refractivity contribution >= 4 is 43.8 Å². The summed E-state index contributed by atoms with van der Waals surface area (Å²) in [5.74, 6) is 0. The van der Waals surface area contributed by atoms with Crippen LogP contribution in [-0.4, -0.2) is 48.8 Å². The topological polar surface area (TPSA) is 96.7 Å². The Labute approximate surface area is 201 Å². The molecule has 1 fully saturated rings. The Morgan fingerprint density at radius 2 is 1.85 bits per heavy atom. The molecule has 1 aromatic heterocycles. The van der Waals surface area contributed by atoms with Crippen molar-refractivity contribution in [3.05, 3.63) is 79.3 Å². The second-order valence-electron chi connectivity index (χ2n) is 7.99. The molecule has 0 radical (unpaired) electrons. The van der Waals surface area contributed by atoms with E-state index in [0.717, 1.165) is 23.3 Å². The normalized spacial score (nSPS) is 15.1. The van der Waals surface area contributed by atoms with Gasteiger partial charge in [0, 0.05) is 44.0 Å². The van der Waals surface area contributed by atoms with Crippen LogP contribution in [0, 0.1) is 24.0 Å². The van der Waals surface area contributed by atoms with Crippen molar-refractivity contribution in [2.75, 3.05) is 31.1 Å². The second kappa shape index (κ2) is 9.38. The maximum absolute atomic E-state index is 13.0. The number of anilines is 1. The van der Waals surface area contributed by atoms with Crippen LogP contribution in [0.5, 0.6) is 0 Å². The SMILES string of the molecule is Cc1ccc(C)c(Cc2csc(N3CCN(S(=O)(=O)c4ccc(Cl)c([N+](=O)[O-])c4)CC3)n2)c1. The Morgan fingerprint density at radius 3 is 2.55 bits per heavy atom. The molecule has 0 bridgehead atoms. The molecular weight excluding hydrogens is 484 g/mol. The standard InChI is InChI=1S/C22H23ClN4O4S2/c1-15-3-4-16(2)17(11-15)12-18-14-32-22(24-18)25-7-9-26(10-8-25)33(30,31)19-5-6-20(23)21(13-19)27(28)29/h3-6,11,13-14H,7-10,12H2,1-2H3. The van der Waals surface area contributed by atoms with Crippen LogP contribution in [0.15, 0.2) is 46.7 Å². The van der Waals surface area contributed by atoms with Crippen molar-refractivity contribution < 1.29 is 13.3 Å². The molecule has 1 saturated heterocycles. The molecule has 174 valence electrons. The van der Waals surface area contributed by atoms with E-state index < -0.39 is 20.6 Å². The largest absolute Gasteiger partial charge is 0.345 e. The van der Waals surface area contributed by atoms with Crippen LogP contribution in [-0.2, 0) is 16.4 Å². The number of hydrogen-bond acceptors (Lipinski definition) is 7. The van der Waals surface area contributed by atoms with Crippen molar-refractivity contribution in [1.82, 2.24) is 9.29 Å². The Hall–Kier alpha value is -2.53. The summed E-state index contributed by atoms with van der Waals surface area (Å²) in [6.07, 6.45) is 0.758. The number of hydrogen-bond donors (Lipinski definition) is 0. The first kappa shape index (κ1) is 23.6. The van der Waals surface area contributed by atoms with E-state index in [0.29, 0.717) is 13.1 Å². The lowest BCUT2D eigenvalue weighted by atomic mass is 10.0. The molecule has 2 heterocycles. The quantitative estimate of drug-likeness (QED) is 0.362. The molecule has 33 heavy (non-hydrogen) atoms. The zero-order chi connectivity index (χ0) is 23.8. The van der Waals surface area contributed by atoms with Crippen LogP contribution in [0.1, 0.15) is 22.4 Å². The van der Waals surface area contributed by atoms with E-state index in [1.165, 1.54) is 33.1 Å². The smallest absolute Gasteiger partial charge is 0.289 e. The first-order valence-electron chi connectivity index (χ1n) is 10.3. The molecule has 8 nitrogen and oxygen atoms in total. The molecular formula is C22H23ClN4O4S2. The third-order valence-electron chi connectivity index (χ3n) is 5.68. The first-order valence-corrected chi connectivity index (χ1v) is 13.0. The molecule has 11 heteroatoms. The number of benzene rings is 2. The predicted octanol–water partition coefficient (Wildman–Crippen LogP) is 4.42. The molecule has 4 rings (SSSR count). The van der Waals surface area contributed by atoms with Gasteiger partial charge in [0.05, 0.1) is 15.5 Å². The monoisotopic (exact) mass is 506 g/mol. The van der Waals surface area contributed by atoms with Gasteiger partial charge in [-0.2, -0.15) is 4.31 Å². The van der Waals surface area contributed by atoms with Crippen molar-refractivity contribution in [2.45, 2.75) is 25.2 Å². The highest BCUT2D eigenvalue weighted by molar-refractivity contribution is 7.89. The predicted molar refractivity (Wildman–Crippen MR) is 130 cm³/mol. The summed E-state index contributed by atoms with van der Waals surface area (Å²) in [5.41, 5.74) is 4.27. The lowest BCUT2D eigenvalue weighted by Crippen LogP contribution is -2.48. The Bertz CT molecular complexity index is 1300. The molecule has 1 aliphatic rings. The van der Waals surface area contributed by atoms with E-state index in [2.05, 4.69) is 36.9 Å². The molecule has 1 aliphatic heterocycles. The van der Waals surface area contributed by atoms with Gasteiger partial charge in [-0.3, -0.25) is 10.1 Å². The fraction of sp³-hybridized carbons (Fsp3) is 0.318. The first-order chi connectivity index (χ1) is 15.6. The van der Waals surface area contributed by atoms with Crippen LogP contribution < -0.4 is 4.90 Å². The van der Waals surface area contributed by atoms with Gasteiger partial charge in [-0.05, 0) is 37.1 Å². The molecule has 0 saturated carbocycles. The number of aromatic nitrogens is 1. The van der Waals surface area contributed by atoms with E-state index in [1.54, 1.807) is 11.3 Å². The van der Waals surface area contributed by atoms with Crippen LogP contribution in [0.2, 0.25) is 5.02 Å². The van der Waals surface area contributed by atoms with Gasteiger partial charge in [0.1, 0.15) is 5.02 Å². The number of halogens is 1. The molecule has 0 amide bonds. The fourth-order valence-corrected chi connectivity index (χ4v) is 6.28. The highest BCUT2D eigenvalue weighted by atomic mass is 35.5. The summed E-state index contributed by atoms with van der Waals surface area (Å²) < 4.78 is 27.4. The Balaban J connectivity index is 1.43. The van der Waals surface area contributed by atoms with E-state index in [9.17, 15) is 18.5 Å². The minimum atomic E-state index is -3.86. The van der Waals surface area contributed by atoms with Gasteiger partial charge < -0.3 is 4.90 Å². The summed E-state index contributed by atoms with van der Waals surface area (Å²) in [7, 11) is -3.86. The number of nitrogens with zero attached hydrogens (tertiary/aromatic N) is 4. The molecule has 0 aliphatic carbocycles. The molecule has 0 unspecified atom stereocenters. The molecule has 0 atom stereocenters. The molecule has 3 aromatic rings. The fourth-order valence-electron chi connectivity index (χ4n) is 3.77. The number of sulfonamides is 1. The van der Waals surface area contributed by atoms with Gasteiger partial charge in [0.2, 0.25) is 10.0 Å². The number of aryl methyl sites for hydroxylation is 2. The van der Waals surface area contributed by atoms with Gasteiger partial charge in [-0.15, -0.1) is 11.3 Å². The zero-order valence-corrected chi connectivity index (χ0v) is 20.6. The summed E-state index contributed by atoms with van der Waals surface area (Å²) in [5, 5.41) is 14.0. The summed E-state index contributed by atoms with van der Waals surface area (Å²) in [6.45, 7) is 5.69. The van der Waals surface area contributed by atoms with Gasteiger partial charge >= 0.3 is 0 Å². The Kier molecular flexibility index (Phi) is 6.71. The third-order valence-corrected chi connectivity index (χ3v) is 8.84. The summed E-state index contributed by atoms with van der Waals surface area (Å²) >= 11 is 7.38. The summed E-state index contributed by atoms with van der Waals surface area (Å²) in [6, 6.07) is 9.96. The van der Waals surface area contributed by atoms with Gasteiger partial charge in [0.25, 0.3) is 5.69 Å². The average molecular weight is 507 g/mol. The average Bonchev–Trinajstić information content (AvgIpc) is 3.25. The van der Waals surface area contributed by atoms with Gasteiger partial charge in [-0.25, -0.2) is 13.4 Å². The van der Waals surface area contributed by atoms with Crippen LogP contribution in [0.4, 0.5) is 10.8 Å². The van der Waals surface area contributed by atoms with E-state index in [-0.39, 0.29) is 23.0 Å². The molecule has 0 N–H and O–H groups in total. The lowest BCUT2D eigenvalue weighted by molar-refractivity contribution is -0.384. The number of nitro groups is 1.